The van der Waals surface area contributed by atoms with Crippen LogP contribution in [-0.2, 0) is 0 Å². The van der Waals surface area contributed by atoms with Crippen molar-refractivity contribution in [3.8, 4) is 11.5 Å². The summed E-state index contributed by atoms with van der Waals surface area (Å²) in [5.74, 6) is 0.837. The van der Waals surface area contributed by atoms with Crippen LogP contribution in [0, 0.1) is 6.92 Å². The Morgan fingerprint density at radius 3 is 2.68 bits per heavy atom. The van der Waals surface area contributed by atoms with Gasteiger partial charge in [0.25, 0.3) is 5.91 Å². The Balaban J connectivity index is 1.75. The van der Waals surface area contributed by atoms with Gasteiger partial charge in [-0.15, -0.1) is 11.3 Å². The topological polar surface area (TPSA) is 86.5 Å². The molecule has 0 saturated carbocycles. The third-order valence-electron chi connectivity index (χ3n) is 4.53. The number of ether oxygens (including phenoxy) is 2. The lowest BCUT2D eigenvalue weighted by Crippen LogP contribution is -2.12. The van der Waals surface area contributed by atoms with E-state index < -0.39 is 0 Å². The summed E-state index contributed by atoms with van der Waals surface area (Å²) >= 11 is 1.28. The number of aryl methyl sites for hydroxylation is 1. The van der Waals surface area contributed by atoms with E-state index in [1.54, 1.807) is 32.4 Å². The molecule has 0 spiro atoms. The number of pyridine rings is 1. The molecule has 2 aromatic carbocycles. The van der Waals surface area contributed by atoms with Gasteiger partial charge in [-0.05, 0) is 36.8 Å². The molecule has 28 heavy (non-hydrogen) atoms. The molecule has 0 saturated heterocycles. The molecule has 0 radical (unpaired) electrons. The van der Waals surface area contributed by atoms with E-state index >= 15 is 0 Å². The smallest absolute Gasteiger partial charge is 0.268 e. The fourth-order valence-corrected chi connectivity index (χ4v) is 4.04. The van der Waals surface area contributed by atoms with E-state index in [2.05, 4.69) is 10.3 Å². The summed E-state index contributed by atoms with van der Waals surface area (Å²) in [6, 6.07) is 13.2. The highest BCUT2D eigenvalue weighted by atomic mass is 32.1. The molecule has 0 bridgehead atoms. The van der Waals surface area contributed by atoms with Gasteiger partial charge in [0.15, 0.2) is 0 Å². The van der Waals surface area contributed by atoms with Gasteiger partial charge in [-0.2, -0.15) is 0 Å². The van der Waals surface area contributed by atoms with E-state index in [1.165, 1.54) is 11.3 Å². The van der Waals surface area contributed by atoms with Crippen LogP contribution >= 0.6 is 11.3 Å². The van der Waals surface area contributed by atoms with Crippen molar-refractivity contribution >= 4 is 49.7 Å². The summed E-state index contributed by atoms with van der Waals surface area (Å²) in [6.45, 7) is 2.02. The minimum absolute atomic E-state index is 0.313. The van der Waals surface area contributed by atoms with Crippen molar-refractivity contribution in [2.45, 2.75) is 6.92 Å². The molecule has 0 fully saturated rings. The number of thiophene rings is 1. The fraction of sp³-hybridized carbons (Fsp3) is 0.143. The van der Waals surface area contributed by atoms with Crippen LogP contribution in [0.2, 0.25) is 0 Å². The van der Waals surface area contributed by atoms with Crippen molar-refractivity contribution in [2.75, 3.05) is 25.3 Å². The number of hydrogen-bond acceptors (Lipinski definition) is 6. The number of nitrogens with zero attached hydrogens (tertiary/aromatic N) is 1. The van der Waals surface area contributed by atoms with Crippen molar-refractivity contribution in [1.29, 1.82) is 0 Å². The zero-order chi connectivity index (χ0) is 19.8. The standard InChI is InChI=1S/C21H19N3O3S/c1-11-4-5-12-9-14-18(22)19(28-21(14)24-15(12)8-11)20(25)23-16-10-13(26-2)6-7-17(16)27-3/h4-10H,22H2,1-3H3,(H,23,25). The highest BCUT2D eigenvalue weighted by Crippen LogP contribution is 2.36. The minimum Gasteiger partial charge on any atom is -0.497 e. The molecule has 1 amide bonds. The van der Waals surface area contributed by atoms with E-state index in [9.17, 15) is 4.79 Å². The molecule has 0 aliphatic heterocycles. The van der Waals surface area contributed by atoms with Crippen LogP contribution in [0.3, 0.4) is 0 Å². The van der Waals surface area contributed by atoms with Crippen LogP contribution < -0.4 is 20.5 Å². The second-order valence-corrected chi connectivity index (χ2v) is 7.40. The van der Waals surface area contributed by atoms with Gasteiger partial charge in [0.1, 0.15) is 21.2 Å². The molecule has 4 aromatic rings. The number of aromatic nitrogens is 1. The number of amides is 1. The van der Waals surface area contributed by atoms with Gasteiger partial charge in [0.2, 0.25) is 0 Å². The van der Waals surface area contributed by atoms with Gasteiger partial charge in [-0.25, -0.2) is 4.98 Å². The Morgan fingerprint density at radius 2 is 1.93 bits per heavy atom. The molecule has 0 aliphatic carbocycles. The summed E-state index contributed by atoms with van der Waals surface area (Å²) in [4.78, 5) is 18.7. The first-order valence-corrected chi connectivity index (χ1v) is 9.44. The first-order valence-electron chi connectivity index (χ1n) is 8.63. The molecule has 3 N–H and O–H groups in total. The van der Waals surface area contributed by atoms with E-state index in [4.69, 9.17) is 15.2 Å². The number of nitrogen functional groups attached to an aromatic ring is 1. The maximum Gasteiger partial charge on any atom is 0.268 e. The van der Waals surface area contributed by atoms with Gasteiger partial charge >= 0.3 is 0 Å². The lowest BCUT2D eigenvalue weighted by molar-refractivity contribution is 0.103. The van der Waals surface area contributed by atoms with E-state index in [-0.39, 0.29) is 5.91 Å². The van der Waals surface area contributed by atoms with Crippen LogP contribution in [0.1, 0.15) is 15.2 Å². The first-order chi connectivity index (χ1) is 13.5. The number of nitrogens with one attached hydrogen (secondary N) is 1. The minimum atomic E-state index is -0.313. The molecule has 4 rings (SSSR count). The number of fused-ring (bicyclic) bond motifs is 2. The van der Waals surface area contributed by atoms with E-state index in [0.717, 1.165) is 26.7 Å². The highest BCUT2D eigenvalue weighted by Gasteiger charge is 2.19. The quantitative estimate of drug-likeness (QED) is 0.529. The monoisotopic (exact) mass is 393 g/mol. The zero-order valence-electron chi connectivity index (χ0n) is 15.7. The average molecular weight is 393 g/mol. The van der Waals surface area contributed by atoms with Gasteiger partial charge in [-0.1, -0.05) is 12.1 Å². The molecule has 0 aliphatic rings. The molecule has 142 valence electrons. The van der Waals surface area contributed by atoms with Crippen molar-refractivity contribution in [1.82, 2.24) is 4.98 Å². The Morgan fingerprint density at radius 1 is 1.11 bits per heavy atom. The second kappa shape index (κ2) is 7.01. The molecule has 2 aromatic heterocycles. The predicted octanol–water partition coefficient (Wildman–Crippen LogP) is 4.61. The average Bonchev–Trinajstić information content (AvgIpc) is 3.02. The highest BCUT2D eigenvalue weighted by molar-refractivity contribution is 7.21. The Kier molecular flexibility index (Phi) is 4.52. The van der Waals surface area contributed by atoms with E-state index in [1.807, 2.05) is 31.2 Å². The van der Waals surface area contributed by atoms with Crippen LogP contribution in [0.4, 0.5) is 11.4 Å². The molecule has 6 nitrogen and oxygen atoms in total. The van der Waals surface area contributed by atoms with Crippen LogP contribution in [-0.4, -0.2) is 25.1 Å². The molecular weight excluding hydrogens is 374 g/mol. The van der Waals surface area contributed by atoms with Crippen molar-refractivity contribution in [3.63, 3.8) is 0 Å². The third kappa shape index (κ3) is 3.10. The summed E-state index contributed by atoms with van der Waals surface area (Å²) < 4.78 is 10.6. The number of carbonyl (C=O) groups excluding carboxylic acids is 1. The maximum atomic E-state index is 12.9. The zero-order valence-corrected chi connectivity index (χ0v) is 16.5. The number of hydrogen-bond donors (Lipinski definition) is 2. The number of nitrogens with two attached hydrogens (primary N) is 1. The van der Waals surface area contributed by atoms with Gasteiger partial charge < -0.3 is 20.5 Å². The van der Waals surface area contributed by atoms with Gasteiger partial charge in [0.05, 0.1) is 31.1 Å². The Bertz CT molecular complexity index is 1220. The molecular formula is C21H19N3O3S. The predicted molar refractivity (Wildman–Crippen MR) is 114 cm³/mol. The normalized spacial score (nSPS) is 11.0. The number of methoxy groups -OCH3 is 2. The summed E-state index contributed by atoms with van der Waals surface area (Å²) in [5.41, 5.74) is 9.25. The van der Waals surface area contributed by atoms with Crippen LogP contribution in [0.15, 0.2) is 42.5 Å². The van der Waals surface area contributed by atoms with Crippen molar-refractivity contribution in [3.05, 3.63) is 52.9 Å². The third-order valence-corrected chi connectivity index (χ3v) is 5.65. The second-order valence-electron chi connectivity index (χ2n) is 6.40. The fourth-order valence-electron chi connectivity index (χ4n) is 3.06. The largest absolute Gasteiger partial charge is 0.497 e. The van der Waals surface area contributed by atoms with E-state index in [0.29, 0.717) is 27.8 Å². The number of benzene rings is 2. The summed E-state index contributed by atoms with van der Waals surface area (Å²) in [6.07, 6.45) is 0. The first kappa shape index (κ1) is 18.1. The molecule has 7 heteroatoms. The van der Waals surface area contributed by atoms with Crippen LogP contribution in [0.5, 0.6) is 11.5 Å². The van der Waals surface area contributed by atoms with Crippen molar-refractivity contribution in [2.24, 2.45) is 0 Å². The molecule has 0 unspecified atom stereocenters. The van der Waals surface area contributed by atoms with Crippen LogP contribution in [0.25, 0.3) is 21.1 Å². The lowest BCUT2D eigenvalue weighted by Gasteiger charge is -2.11. The number of anilines is 2. The molecule has 2 heterocycles. The number of rotatable bonds is 4. The van der Waals surface area contributed by atoms with Gasteiger partial charge in [-0.3, -0.25) is 4.79 Å². The molecule has 0 atom stereocenters. The Hall–Kier alpha value is -3.32. The maximum absolute atomic E-state index is 12.9. The number of carbonyl (C=O) groups is 1. The SMILES string of the molecule is COc1ccc(OC)c(NC(=O)c2sc3nc4cc(C)ccc4cc3c2N)c1. The summed E-state index contributed by atoms with van der Waals surface area (Å²) in [5, 5.41) is 4.64. The Labute approximate surface area is 165 Å². The van der Waals surface area contributed by atoms with Crippen molar-refractivity contribution < 1.29 is 14.3 Å². The van der Waals surface area contributed by atoms with Gasteiger partial charge in [0, 0.05) is 16.8 Å². The summed E-state index contributed by atoms with van der Waals surface area (Å²) in [7, 11) is 3.11. The lowest BCUT2D eigenvalue weighted by atomic mass is 10.1.